The third-order valence-corrected chi connectivity index (χ3v) is 9.46. The maximum atomic E-state index is 6.36. The number of benzene rings is 2. The molecule has 0 unspecified atom stereocenters. The first-order valence-electron chi connectivity index (χ1n) is 16.1. The van der Waals surface area contributed by atoms with E-state index in [1.54, 1.807) is 24.8 Å². The SMILES string of the molecule is Clc1ccc(-c2c3nc(c(-c4ccncc4)c4ccc([nH]4)c(-c4ccc(Cl)cc4)c4nc(c(-c5ccncc5)c5ccc2[nH]5)C=C4)C=C3)cc1. The molecule has 0 aliphatic carbocycles. The van der Waals surface area contributed by atoms with E-state index in [4.69, 9.17) is 33.2 Å². The Morgan fingerprint density at radius 2 is 0.620 bits per heavy atom. The second-order valence-corrected chi connectivity index (χ2v) is 12.9. The van der Waals surface area contributed by atoms with Gasteiger partial charge in [-0.15, -0.1) is 0 Å². The van der Waals surface area contributed by atoms with Crippen molar-refractivity contribution < 1.29 is 0 Å². The molecule has 8 bridgehead atoms. The molecule has 50 heavy (non-hydrogen) atoms. The Balaban J connectivity index is 1.47. The van der Waals surface area contributed by atoms with Crippen molar-refractivity contribution in [3.8, 4) is 44.5 Å². The van der Waals surface area contributed by atoms with E-state index in [1.165, 1.54) is 0 Å². The average molecular weight is 686 g/mol. The second kappa shape index (κ2) is 12.4. The molecular weight excluding hydrogens is 659 g/mol. The zero-order chi connectivity index (χ0) is 33.6. The number of H-pyrrole nitrogens is 2. The van der Waals surface area contributed by atoms with Crippen LogP contribution in [0.15, 0.2) is 122 Å². The third-order valence-electron chi connectivity index (χ3n) is 8.96. The smallest absolute Gasteiger partial charge is 0.0737 e. The Bertz CT molecular complexity index is 2450. The van der Waals surface area contributed by atoms with Gasteiger partial charge in [-0.05, 0) is 119 Å². The minimum absolute atomic E-state index is 0.669. The van der Waals surface area contributed by atoms with Crippen LogP contribution in [0.25, 0.3) is 90.9 Å². The topological polar surface area (TPSA) is 83.1 Å². The summed E-state index contributed by atoms with van der Waals surface area (Å²) in [6.07, 6.45) is 15.5. The van der Waals surface area contributed by atoms with Gasteiger partial charge >= 0.3 is 0 Å². The van der Waals surface area contributed by atoms with E-state index in [2.05, 4.69) is 68.5 Å². The van der Waals surface area contributed by atoms with Crippen LogP contribution in [0.5, 0.6) is 0 Å². The van der Waals surface area contributed by atoms with Gasteiger partial charge in [0.2, 0.25) is 0 Å². The highest BCUT2D eigenvalue weighted by atomic mass is 35.5. The van der Waals surface area contributed by atoms with E-state index in [0.717, 1.165) is 89.4 Å². The van der Waals surface area contributed by atoms with Crippen molar-refractivity contribution in [2.24, 2.45) is 0 Å². The Morgan fingerprint density at radius 1 is 0.340 bits per heavy atom. The van der Waals surface area contributed by atoms with Gasteiger partial charge in [0, 0.05) is 79.2 Å². The Kier molecular flexibility index (Phi) is 7.46. The number of aromatic amines is 2. The quantitative estimate of drug-likeness (QED) is 0.193. The number of hydrogen-bond donors (Lipinski definition) is 2. The van der Waals surface area contributed by atoms with Crippen LogP contribution in [0.1, 0.15) is 22.8 Å². The lowest BCUT2D eigenvalue weighted by atomic mass is 10.0. The molecule has 5 aromatic heterocycles. The molecular formula is C42H26Cl2N6. The first-order valence-corrected chi connectivity index (χ1v) is 16.8. The Hall–Kier alpha value is -6.08. The van der Waals surface area contributed by atoms with Crippen molar-refractivity contribution in [1.29, 1.82) is 0 Å². The van der Waals surface area contributed by atoms with Crippen LogP contribution in [-0.2, 0) is 0 Å². The summed E-state index contributed by atoms with van der Waals surface area (Å²) in [6, 6.07) is 32.2. The van der Waals surface area contributed by atoms with Crippen LogP contribution in [0.3, 0.4) is 0 Å². The van der Waals surface area contributed by atoms with E-state index in [9.17, 15) is 0 Å². The molecule has 8 heteroatoms. The molecule has 2 aliphatic rings. The first kappa shape index (κ1) is 30.0. The van der Waals surface area contributed by atoms with Crippen LogP contribution >= 0.6 is 23.2 Å². The van der Waals surface area contributed by atoms with Crippen molar-refractivity contribution in [2.45, 2.75) is 0 Å². The minimum Gasteiger partial charge on any atom is -0.354 e. The maximum Gasteiger partial charge on any atom is 0.0737 e. The highest BCUT2D eigenvalue weighted by Gasteiger charge is 2.19. The van der Waals surface area contributed by atoms with Crippen LogP contribution in [-0.4, -0.2) is 29.9 Å². The predicted molar refractivity (Wildman–Crippen MR) is 206 cm³/mol. The molecule has 0 saturated carbocycles. The monoisotopic (exact) mass is 684 g/mol. The molecule has 7 heterocycles. The lowest BCUT2D eigenvalue weighted by molar-refractivity contribution is 1.29. The molecule has 9 rings (SSSR count). The largest absolute Gasteiger partial charge is 0.354 e. The van der Waals surface area contributed by atoms with E-state index < -0.39 is 0 Å². The molecule has 7 aromatic rings. The number of fused-ring (bicyclic) bond motifs is 8. The number of rotatable bonds is 4. The lowest BCUT2D eigenvalue weighted by Crippen LogP contribution is -1.90. The molecule has 0 radical (unpaired) electrons. The van der Waals surface area contributed by atoms with Gasteiger partial charge < -0.3 is 9.97 Å². The van der Waals surface area contributed by atoms with E-state index in [0.29, 0.717) is 10.0 Å². The lowest BCUT2D eigenvalue weighted by Gasteiger charge is -2.07. The maximum absolute atomic E-state index is 6.36. The summed E-state index contributed by atoms with van der Waals surface area (Å²) in [4.78, 5) is 26.7. The van der Waals surface area contributed by atoms with Crippen LogP contribution in [0.2, 0.25) is 10.0 Å². The molecule has 0 amide bonds. The molecule has 0 fully saturated rings. The first-order chi connectivity index (χ1) is 24.6. The summed E-state index contributed by atoms with van der Waals surface area (Å²) in [5, 5.41) is 1.34. The molecule has 0 spiro atoms. The van der Waals surface area contributed by atoms with Crippen molar-refractivity contribution in [3.63, 3.8) is 0 Å². The third kappa shape index (κ3) is 5.41. The van der Waals surface area contributed by atoms with Crippen LogP contribution in [0, 0.1) is 0 Å². The van der Waals surface area contributed by atoms with Gasteiger partial charge in [-0.1, -0.05) is 47.5 Å². The van der Waals surface area contributed by atoms with Gasteiger partial charge in [0.1, 0.15) is 0 Å². The molecule has 2 aromatic carbocycles. The number of halogens is 2. The number of aromatic nitrogens is 6. The zero-order valence-electron chi connectivity index (χ0n) is 26.4. The van der Waals surface area contributed by atoms with E-state index in [1.807, 2.05) is 72.8 Å². The summed E-state index contributed by atoms with van der Waals surface area (Å²) in [5.41, 5.74) is 14.8. The Labute approximate surface area is 297 Å². The number of nitrogens with one attached hydrogen (secondary N) is 2. The zero-order valence-corrected chi connectivity index (χ0v) is 27.9. The van der Waals surface area contributed by atoms with Crippen molar-refractivity contribution in [2.75, 3.05) is 0 Å². The normalized spacial score (nSPS) is 12.0. The van der Waals surface area contributed by atoms with Crippen molar-refractivity contribution in [3.05, 3.63) is 155 Å². The number of hydrogen-bond acceptors (Lipinski definition) is 4. The van der Waals surface area contributed by atoms with Crippen LogP contribution in [0.4, 0.5) is 0 Å². The summed E-state index contributed by atoms with van der Waals surface area (Å²) in [5.74, 6) is 0. The van der Waals surface area contributed by atoms with Crippen LogP contribution < -0.4 is 0 Å². The predicted octanol–water partition coefficient (Wildman–Crippen LogP) is 11.4. The molecule has 2 aliphatic heterocycles. The van der Waals surface area contributed by atoms with E-state index in [-0.39, 0.29) is 0 Å². The molecule has 2 N–H and O–H groups in total. The van der Waals surface area contributed by atoms with Gasteiger partial charge in [0.05, 0.1) is 22.8 Å². The summed E-state index contributed by atoms with van der Waals surface area (Å²) < 4.78 is 0. The molecule has 0 saturated heterocycles. The molecule has 238 valence electrons. The number of pyridine rings is 2. The van der Waals surface area contributed by atoms with Crippen molar-refractivity contribution in [1.82, 2.24) is 29.9 Å². The summed E-state index contributed by atoms with van der Waals surface area (Å²) in [6.45, 7) is 0. The molecule has 0 atom stereocenters. The Morgan fingerprint density at radius 3 is 0.920 bits per heavy atom. The fourth-order valence-corrected chi connectivity index (χ4v) is 6.94. The summed E-state index contributed by atoms with van der Waals surface area (Å²) in [7, 11) is 0. The fourth-order valence-electron chi connectivity index (χ4n) is 6.69. The van der Waals surface area contributed by atoms with Gasteiger partial charge in [0.15, 0.2) is 0 Å². The number of nitrogens with zero attached hydrogens (tertiary/aromatic N) is 4. The standard InChI is InChI=1S/C42H26Cl2N6/c43-29-5-1-25(2-6-29)39-31-9-13-35(47-31)41(27-17-21-45-22-18-27)37-15-11-33(49-37)40(26-3-7-30(44)8-4-26)34-12-16-38(50-34)42(28-19-23-46-24-20-28)36-14-10-32(39)48-36/h1-24,47,50H. The van der Waals surface area contributed by atoms with Gasteiger partial charge in [-0.2, -0.15) is 0 Å². The average Bonchev–Trinajstić information content (AvgIpc) is 3.98. The van der Waals surface area contributed by atoms with Gasteiger partial charge in [0.25, 0.3) is 0 Å². The highest BCUT2D eigenvalue weighted by Crippen LogP contribution is 2.38. The van der Waals surface area contributed by atoms with E-state index >= 15 is 0 Å². The van der Waals surface area contributed by atoms with Gasteiger partial charge in [-0.3, -0.25) is 9.97 Å². The summed E-state index contributed by atoms with van der Waals surface area (Å²) >= 11 is 12.7. The molecule has 6 nitrogen and oxygen atoms in total. The van der Waals surface area contributed by atoms with Gasteiger partial charge in [-0.25, -0.2) is 9.97 Å². The minimum atomic E-state index is 0.669. The highest BCUT2D eigenvalue weighted by molar-refractivity contribution is 6.31. The van der Waals surface area contributed by atoms with Crippen molar-refractivity contribution >= 4 is 69.6 Å². The fraction of sp³-hybridized carbons (Fsp3) is 0. The second-order valence-electron chi connectivity index (χ2n) is 12.0.